The Hall–Kier alpha value is -1.96. The van der Waals surface area contributed by atoms with Gasteiger partial charge in [0.25, 0.3) is 0 Å². The zero-order valence-corrected chi connectivity index (χ0v) is 16.3. The molecule has 0 heterocycles. The largest absolute Gasteiger partial charge is 0.494 e. The molecule has 0 N–H and O–H groups in total. The molecule has 0 spiro atoms. The average Bonchev–Trinajstić information content (AvgIpc) is 2.65. The molecule has 0 saturated heterocycles. The van der Waals surface area contributed by atoms with Crippen LogP contribution in [0.1, 0.15) is 58.6 Å². The molecule has 2 rings (SSSR count). The van der Waals surface area contributed by atoms with Gasteiger partial charge in [-0.05, 0) is 47.7 Å². The molecule has 0 bridgehead atoms. The van der Waals surface area contributed by atoms with Gasteiger partial charge in [-0.2, -0.15) is 0 Å². The third-order valence-corrected chi connectivity index (χ3v) is 4.86. The molecule has 0 radical (unpaired) electrons. The number of hydrogen-bond donors (Lipinski definition) is 0. The monoisotopic (exact) mass is 340 g/mol. The standard InChI is InChI=1S/C23H32O2/c1-6-16-24-21-12-8-19(9-13-21)23(4,5)20-10-14-22(15-11-20)25-17-18(3)7-2/h8-15,18H,6-7,16-17H2,1-5H3. The van der Waals surface area contributed by atoms with Crippen LogP contribution in [0.2, 0.25) is 0 Å². The summed E-state index contributed by atoms with van der Waals surface area (Å²) in [7, 11) is 0. The van der Waals surface area contributed by atoms with Crippen LogP contribution in [0.15, 0.2) is 48.5 Å². The lowest BCUT2D eigenvalue weighted by Gasteiger charge is -2.26. The lowest BCUT2D eigenvalue weighted by molar-refractivity contribution is 0.256. The Labute approximate surface area is 153 Å². The maximum atomic E-state index is 5.87. The fourth-order valence-corrected chi connectivity index (χ4v) is 2.68. The van der Waals surface area contributed by atoms with E-state index in [4.69, 9.17) is 9.47 Å². The highest BCUT2D eigenvalue weighted by Crippen LogP contribution is 2.33. The summed E-state index contributed by atoms with van der Waals surface area (Å²) in [5.74, 6) is 2.47. The van der Waals surface area contributed by atoms with Gasteiger partial charge >= 0.3 is 0 Å². The van der Waals surface area contributed by atoms with Crippen LogP contribution in [-0.4, -0.2) is 13.2 Å². The molecule has 2 aromatic rings. The minimum absolute atomic E-state index is 0.0570. The summed E-state index contributed by atoms with van der Waals surface area (Å²) >= 11 is 0. The van der Waals surface area contributed by atoms with E-state index in [1.807, 2.05) is 0 Å². The fraction of sp³-hybridized carbons (Fsp3) is 0.478. The quantitative estimate of drug-likeness (QED) is 0.539. The van der Waals surface area contributed by atoms with Crippen molar-refractivity contribution in [2.75, 3.05) is 13.2 Å². The second kappa shape index (κ2) is 8.94. The molecule has 136 valence electrons. The second-order valence-corrected chi connectivity index (χ2v) is 7.35. The summed E-state index contributed by atoms with van der Waals surface area (Å²) in [6.07, 6.45) is 2.17. The van der Waals surface area contributed by atoms with Crippen LogP contribution in [0, 0.1) is 5.92 Å². The highest BCUT2D eigenvalue weighted by molar-refractivity contribution is 5.41. The molecule has 2 nitrogen and oxygen atoms in total. The first kappa shape index (κ1) is 19.4. The van der Waals surface area contributed by atoms with E-state index in [9.17, 15) is 0 Å². The van der Waals surface area contributed by atoms with E-state index in [2.05, 4.69) is 83.1 Å². The Morgan fingerprint density at radius 2 is 1.28 bits per heavy atom. The van der Waals surface area contributed by atoms with Gasteiger partial charge in [-0.3, -0.25) is 0 Å². The SMILES string of the molecule is CCCOc1ccc(C(C)(C)c2ccc(OCC(C)CC)cc2)cc1. The number of ether oxygens (including phenoxy) is 2. The van der Waals surface area contributed by atoms with Crippen molar-refractivity contribution < 1.29 is 9.47 Å². The Morgan fingerprint density at radius 1 is 0.800 bits per heavy atom. The minimum Gasteiger partial charge on any atom is -0.494 e. The summed E-state index contributed by atoms with van der Waals surface area (Å²) in [4.78, 5) is 0. The van der Waals surface area contributed by atoms with Crippen LogP contribution >= 0.6 is 0 Å². The predicted molar refractivity (Wildman–Crippen MR) is 106 cm³/mol. The third-order valence-electron chi connectivity index (χ3n) is 4.86. The zero-order valence-electron chi connectivity index (χ0n) is 16.3. The van der Waals surface area contributed by atoms with Gasteiger partial charge in [-0.1, -0.05) is 65.3 Å². The van der Waals surface area contributed by atoms with Crippen molar-refractivity contribution in [3.63, 3.8) is 0 Å². The van der Waals surface area contributed by atoms with Crippen molar-refractivity contribution in [3.8, 4) is 11.5 Å². The van der Waals surface area contributed by atoms with E-state index < -0.39 is 0 Å². The summed E-state index contributed by atoms with van der Waals surface area (Å²) in [6, 6.07) is 17.0. The molecule has 1 unspecified atom stereocenters. The number of hydrogen-bond acceptors (Lipinski definition) is 2. The van der Waals surface area contributed by atoms with E-state index in [1.54, 1.807) is 0 Å². The van der Waals surface area contributed by atoms with Gasteiger partial charge in [-0.25, -0.2) is 0 Å². The average molecular weight is 341 g/mol. The Morgan fingerprint density at radius 3 is 1.72 bits per heavy atom. The van der Waals surface area contributed by atoms with Gasteiger partial charge in [-0.15, -0.1) is 0 Å². The molecule has 0 fully saturated rings. The van der Waals surface area contributed by atoms with Crippen molar-refractivity contribution in [3.05, 3.63) is 59.7 Å². The van der Waals surface area contributed by atoms with Crippen LogP contribution in [0.4, 0.5) is 0 Å². The van der Waals surface area contributed by atoms with Gasteiger partial charge in [0.05, 0.1) is 13.2 Å². The molecule has 2 heteroatoms. The van der Waals surface area contributed by atoms with Crippen LogP contribution in [0.25, 0.3) is 0 Å². The summed E-state index contributed by atoms with van der Waals surface area (Å²) in [6.45, 7) is 12.6. The maximum absolute atomic E-state index is 5.87. The molecular formula is C23H32O2. The van der Waals surface area contributed by atoms with Crippen molar-refractivity contribution in [1.29, 1.82) is 0 Å². The van der Waals surface area contributed by atoms with Crippen molar-refractivity contribution >= 4 is 0 Å². The lowest BCUT2D eigenvalue weighted by Crippen LogP contribution is -2.18. The smallest absolute Gasteiger partial charge is 0.119 e. The second-order valence-electron chi connectivity index (χ2n) is 7.35. The van der Waals surface area contributed by atoms with Crippen molar-refractivity contribution in [1.82, 2.24) is 0 Å². The molecule has 2 aromatic carbocycles. The molecule has 0 amide bonds. The molecule has 0 aliphatic rings. The van der Waals surface area contributed by atoms with Crippen LogP contribution in [0.3, 0.4) is 0 Å². The van der Waals surface area contributed by atoms with Gasteiger partial charge in [0.2, 0.25) is 0 Å². The van der Waals surface area contributed by atoms with E-state index in [-0.39, 0.29) is 5.41 Å². The molecule has 0 aliphatic carbocycles. The summed E-state index contributed by atoms with van der Waals surface area (Å²) in [5.41, 5.74) is 2.51. The summed E-state index contributed by atoms with van der Waals surface area (Å²) in [5, 5.41) is 0. The van der Waals surface area contributed by atoms with E-state index in [0.717, 1.165) is 37.6 Å². The van der Waals surface area contributed by atoms with Crippen LogP contribution in [0.5, 0.6) is 11.5 Å². The first-order valence-corrected chi connectivity index (χ1v) is 9.44. The Balaban J connectivity index is 2.07. The topological polar surface area (TPSA) is 18.5 Å². The first-order valence-electron chi connectivity index (χ1n) is 9.44. The molecule has 0 aromatic heterocycles. The van der Waals surface area contributed by atoms with Gasteiger partial charge < -0.3 is 9.47 Å². The molecule has 25 heavy (non-hydrogen) atoms. The predicted octanol–water partition coefficient (Wildman–Crippen LogP) is 6.23. The molecular weight excluding hydrogens is 308 g/mol. The zero-order chi connectivity index (χ0) is 18.3. The lowest BCUT2D eigenvalue weighted by atomic mass is 9.78. The van der Waals surface area contributed by atoms with E-state index >= 15 is 0 Å². The Bertz CT molecular complexity index is 626. The highest BCUT2D eigenvalue weighted by Gasteiger charge is 2.23. The van der Waals surface area contributed by atoms with Crippen LogP contribution in [-0.2, 0) is 5.41 Å². The van der Waals surface area contributed by atoms with Gasteiger partial charge in [0.15, 0.2) is 0 Å². The number of benzene rings is 2. The molecule has 1 atom stereocenters. The Kier molecular flexibility index (Phi) is 6.92. The summed E-state index contributed by atoms with van der Waals surface area (Å²) < 4.78 is 11.6. The first-order chi connectivity index (χ1) is 12.0. The number of rotatable bonds is 9. The third kappa shape index (κ3) is 5.26. The maximum Gasteiger partial charge on any atom is 0.119 e. The van der Waals surface area contributed by atoms with Gasteiger partial charge in [0, 0.05) is 5.41 Å². The van der Waals surface area contributed by atoms with Gasteiger partial charge in [0.1, 0.15) is 11.5 Å². The normalized spacial score (nSPS) is 12.7. The fourth-order valence-electron chi connectivity index (χ4n) is 2.68. The van der Waals surface area contributed by atoms with Crippen molar-refractivity contribution in [2.45, 2.75) is 52.9 Å². The molecule has 0 aliphatic heterocycles. The minimum atomic E-state index is -0.0570. The molecule has 0 saturated carbocycles. The highest BCUT2D eigenvalue weighted by atomic mass is 16.5. The van der Waals surface area contributed by atoms with E-state index in [0.29, 0.717) is 5.92 Å². The van der Waals surface area contributed by atoms with E-state index in [1.165, 1.54) is 11.1 Å². The van der Waals surface area contributed by atoms with Crippen molar-refractivity contribution in [2.24, 2.45) is 5.92 Å². The van der Waals surface area contributed by atoms with Crippen LogP contribution < -0.4 is 9.47 Å².